The van der Waals surface area contributed by atoms with Crippen LogP contribution in [-0.2, 0) is 14.4 Å². The number of hydrogen-bond donors (Lipinski definition) is 4. The lowest BCUT2D eigenvalue weighted by molar-refractivity contribution is -0.134. The van der Waals surface area contributed by atoms with Crippen LogP contribution in [0.25, 0.3) is 27.8 Å². The zero-order valence-corrected chi connectivity index (χ0v) is 39.4. The Kier molecular flexibility index (Phi) is 13.5. The Balaban J connectivity index is 0.781. The van der Waals surface area contributed by atoms with Gasteiger partial charge < -0.3 is 30.4 Å². The fourth-order valence-corrected chi connectivity index (χ4v) is 10.7. The molecule has 0 bridgehead atoms. The van der Waals surface area contributed by atoms with Gasteiger partial charge in [-0.05, 0) is 144 Å². The highest BCUT2D eigenvalue weighted by atomic mass is 19.1. The van der Waals surface area contributed by atoms with Crippen molar-refractivity contribution in [3.05, 3.63) is 96.2 Å². The summed E-state index contributed by atoms with van der Waals surface area (Å²) in [5.41, 5.74) is 6.19. The number of aromatic nitrogens is 3. The van der Waals surface area contributed by atoms with E-state index in [2.05, 4.69) is 85.1 Å². The van der Waals surface area contributed by atoms with Crippen LogP contribution < -0.4 is 25.8 Å². The van der Waals surface area contributed by atoms with Crippen LogP contribution in [0.5, 0.6) is 0 Å². The van der Waals surface area contributed by atoms with Crippen LogP contribution in [0.4, 0.5) is 21.6 Å². The van der Waals surface area contributed by atoms with Crippen molar-refractivity contribution >= 4 is 40.4 Å². The Morgan fingerprint density at radius 2 is 1.63 bits per heavy atom. The van der Waals surface area contributed by atoms with E-state index in [0.29, 0.717) is 42.5 Å². The summed E-state index contributed by atoms with van der Waals surface area (Å²) in [5.74, 6) is 0.182. The number of nitrogens with one attached hydrogen (secondary N) is 3. The number of anilines is 3. The number of likely N-dealkylation sites (tertiary alicyclic amines) is 1. The summed E-state index contributed by atoms with van der Waals surface area (Å²) in [5, 5.41) is 34.8. The number of hydrogen-bond acceptors (Lipinski definition) is 11. The van der Waals surface area contributed by atoms with Gasteiger partial charge in [-0.2, -0.15) is 10.4 Å². The van der Waals surface area contributed by atoms with E-state index < -0.39 is 11.6 Å². The van der Waals surface area contributed by atoms with Crippen LogP contribution in [0, 0.1) is 22.6 Å². The molecular formula is C53H63FN10O4. The van der Waals surface area contributed by atoms with Crippen molar-refractivity contribution < 1.29 is 23.9 Å². The lowest BCUT2D eigenvalue weighted by atomic mass is 9.75. The topological polar surface area (TPSA) is 171 Å². The number of aliphatic hydroxyl groups is 1. The lowest BCUT2D eigenvalue weighted by Crippen LogP contribution is -2.50. The van der Waals surface area contributed by atoms with Crippen molar-refractivity contribution in [2.24, 2.45) is 5.41 Å². The summed E-state index contributed by atoms with van der Waals surface area (Å²) >= 11 is 0. The molecule has 3 amide bonds. The number of benzene rings is 2. The molecule has 15 heteroatoms. The smallest absolute Gasteiger partial charge is 0.249 e. The summed E-state index contributed by atoms with van der Waals surface area (Å²) in [6, 6.07) is 21.7. The fourth-order valence-electron chi connectivity index (χ4n) is 10.7. The highest BCUT2D eigenvalue weighted by Gasteiger charge is 2.40. The molecule has 68 heavy (non-hydrogen) atoms. The molecule has 7 heterocycles. The number of rotatable bonds is 13. The number of pyridine rings is 2. The number of carbonyl (C=O) groups is 3. The molecule has 0 radical (unpaired) electrons. The van der Waals surface area contributed by atoms with E-state index in [9.17, 15) is 24.8 Å². The Labute approximate surface area is 397 Å². The molecule has 356 valence electrons. The predicted octanol–water partition coefficient (Wildman–Crippen LogP) is 7.41. The lowest BCUT2D eigenvalue weighted by Gasteiger charge is -2.41. The normalized spacial score (nSPS) is 20.0. The third kappa shape index (κ3) is 9.94. The zero-order chi connectivity index (χ0) is 47.6. The summed E-state index contributed by atoms with van der Waals surface area (Å²) < 4.78 is 17.1. The minimum atomic E-state index is -0.740. The van der Waals surface area contributed by atoms with Crippen LogP contribution in [0.3, 0.4) is 0 Å². The van der Waals surface area contributed by atoms with E-state index in [1.54, 1.807) is 10.7 Å². The van der Waals surface area contributed by atoms with Crippen LogP contribution in [0.2, 0.25) is 0 Å². The van der Waals surface area contributed by atoms with Crippen LogP contribution in [0.1, 0.15) is 102 Å². The molecule has 4 N–H and O–H groups in total. The van der Waals surface area contributed by atoms with Crippen LogP contribution in [0.15, 0.2) is 79.3 Å². The quantitative estimate of drug-likeness (QED) is 0.0868. The van der Waals surface area contributed by atoms with Gasteiger partial charge in [0.25, 0.3) is 0 Å². The van der Waals surface area contributed by atoms with E-state index in [1.165, 1.54) is 6.07 Å². The monoisotopic (exact) mass is 923 g/mol. The minimum absolute atomic E-state index is 0.108. The number of halogens is 1. The Morgan fingerprint density at radius 3 is 2.28 bits per heavy atom. The van der Waals surface area contributed by atoms with E-state index in [-0.39, 0.29) is 47.3 Å². The molecule has 14 nitrogen and oxygen atoms in total. The summed E-state index contributed by atoms with van der Waals surface area (Å²) in [4.78, 5) is 48.6. The summed E-state index contributed by atoms with van der Waals surface area (Å²) in [6.45, 7) is 11.6. The molecule has 1 unspecified atom stereocenters. The number of imide groups is 1. The Bertz CT molecular complexity index is 2670. The minimum Gasteiger partial charge on any atom is -0.390 e. The first-order valence-corrected chi connectivity index (χ1v) is 24.5. The summed E-state index contributed by atoms with van der Waals surface area (Å²) in [7, 11) is 0. The number of piperidine rings is 4. The van der Waals surface area contributed by atoms with Crippen molar-refractivity contribution in [1.82, 2.24) is 30.1 Å². The highest BCUT2D eigenvalue weighted by Crippen LogP contribution is 2.39. The average Bonchev–Trinajstić information content (AvgIpc) is 3.78. The Morgan fingerprint density at radius 1 is 0.912 bits per heavy atom. The average molecular weight is 923 g/mol. The molecule has 1 atom stereocenters. The van der Waals surface area contributed by atoms with Gasteiger partial charge in [-0.25, -0.2) is 13.9 Å². The van der Waals surface area contributed by atoms with Gasteiger partial charge in [-0.3, -0.25) is 19.7 Å². The van der Waals surface area contributed by atoms with E-state index in [0.717, 1.165) is 117 Å². The van der Waals surface area contributed by atoms with Crippen molar-refractivity contribution in [2.45, 2.75) is 109 Å². The SMILES string of the molecule is CCC1(C(=O)NC(C)C)CCN(c2ccc(-c3cc(-c4ccc(N5CCC(O)(CCN6CCC(c7ccc(NC8CCC(=O)NC8=O)cc7F)CC6)CC5)cc4)cn4ncc(C#N)c34)cn2)CC1. The molecule has 0 saturated carbocycles. The number of amides is 3. The van der Waals surface area contributed by atoms with Crippen LogP contribution in [-0.4, -0.2) is 106 Å². The maximum atomic E-state index is 15.3. The predicted molar refractivity (Wildman–Crippen MR) is 262 cm³/mol. The molecular weight excluding hydrogens is 860 g/mol. The molecule has 2 aromatic carbocycles. The van der Waals surface area contributed by atoms with E-state index in [4.69, 9.17) is 4.98 Å². The molecule has 3 aromatic heterocycles. The number of carbonyl (C=O) groups excluding carboxylic acids is 3. The first-order valence-electron chi connectivity index (χ1n) is 24.5. The Hall–Kier alpha value is -6.37. The third-order valence-corrected chi connectivity index (χ3v) is 15.2. The van der Waals surface area contributed by atoms with Gasteiger partial charge in [0.15, 0.2) is 0 Å². The second-order valence-corrected chi connectivity index (χ2v) is 19.8. The second kappa shape index (κ2) is 19.7. The van der Waals surface area contributed by atoms with Gasteiger partial charge in [0.05, 0.1) is 28.3 Å². The van der Waals surface area contributed by atoms with Crippen molar-refractivity contribution in [3.8, 4) is 28.3 Å². The van der Waals surface area contributed by atoms with Gasteiger partial charge in [-0.1, -0.05) is 25.1 Å². The second-order valence-electron chi connectivity index (χ2n) is 19.8. The number of nitrogens with zero attached hydrogens (tertiary/aromatic N) is 7. The first kappa shape index (κ1) is 46.7. The molecule has 4 fully saturated rings. The van der Waals surface area contributed by atoms with Crippen molar-refractivity contribution in [1.29, 1.82) is 5.26 Å². The summed E-state index contributed by atoms with van der Waals surface area (Å²) in [6.07, 6.45) is 12.2. The standard InChI is InChI=1S/C53H63FN10O4/c1-4-52(51(67)58-35(2)3)17-25-63(26-18-52)47-13-7-38(32-56-47)44-29-39(34-64-49(44)40(31-55)33-57-64)36-5-9-42(10-6-36)62-27-20-53(68,21-28-62)19-24-61-22-15-37(16-23-61)43-11-8-41(30-45(43)54)59-46-12-14-48(65)60-50(46)66/h5-11,13,29-30,32-35,37,46,59,68H,4,12,14-28H2,1-3H3,(H,58,67)(H,60,65,66). The van der Waals surface area contributed by atoms with E-state index >= 15 is 4.39 Å². The van der Waals surface area contributed by atoms with E-state index in [1.807, 2.05) is 44.4 Å². The third-order valence-electron chi connectivity index (χ3n) is 15.2. The molecule has 9 rings (SSSR count). The zero-order valence-electron chi connectivity index (χ0n) is 39.4. The molecule has 5 aromatic rings. The van der Waals surface area contributed by atoms with Gasteiger partial charge in [0.1, 0.15) is 23.7 Å². The van der Waals surface area contributed by atoms with Crippen LogP contribution >= 0.6 is 0 Å². The van der Waals surface area contributed by atoms with Gasteiger partial charge >= 0.3 is 0 Å². The largest absolute Gasteiger partial charge is 0.390 e. The molecule has 0 aliphatic carbocycles. The van der Waals surface area contributed by atoms with Gasteiger partial charge in [-0.15, -0.1) is 0 Å². The molecule has 0 spiro atoms. The van der Waals surface area contributed by atoms with Crippen molar-refractivity contribution in [2.75, 3.05) is 60.9 Å². The number of fused-ring (bicyclic) bond motifs is 1. The molecule has 4 saturated heterocycles. The molecule has 4 aliphatic rings. The first-order chi connectivity index (χ1) is 32.8. The highest BCUT2D eigenvalue weighted by molar-refractivity contribution is 6.01. The maximum absolute atomic E-state index is 15.3. The van der Waals surface area contributed by atoms with Gasteiger partial charge in [0.2, 0.25) is 17.7 Å². The number of nitriles is 1. The fraction of sp³-hybridized carbons (Fsp3) is 0.472. The van der Waals surface area contributed by atoms with Crippen molar-refractivity contribution in [3.63, 3.8) is 0 Å². The van der Waals surface area contributed by atoms with Gasteiger partial charge in [0, 0.05) is 85.6 Å². The maximum Gasteiger partial charge on any atom is 0.249 e. The molecule has 4 aliphatic heterocycles.